The van der Waals surface area contributed by atoms with Gasteiger partial charge >= 0.3 is 0 Å². The van der Waals surface area contributed by atoms with E-state index in [-0.39, 0.29) is 0 Å². The van der Waals surface area contributed by atoms with Crippen molar-refractivity contribution in [3.63, 3.8) is 0 Å². The van der Waals surface area contributed by atoms with Crippen LogP contribution in [0.4, 0.5) is 0 Å². The highest BCUT2D eigenvalue weighted by molar-refractivity contribution is 6.90. The fourth-order valence-electron chi connectivity index (χ4n) is 4.45. The van der Waals surface area contributed by atoms with E-state index in [1.165, 1.54) is 0 Å². The van der Waals surface area contributed by atoms with Crippen LogP contribution in [0.3, 0.4) is 0 Å². The van der Waals surface area contributed by atoms with Crippen molar-refractivity contribution in [2.24, 2.45) is 0 Å². The molecule has 4 rings (SSSR count). The number of hydrogen-bond donors (Lipinski definition) is 0. The summed E-state index contributed by atoms with van der Waals surface area (Å²) in [5.74, 6) is 0. The fourth-order valence-corrected chi connectivity index (χ4v) is 15.2. The largest absolute Gasteiger partial charge is 0.453 e. The predicted octanol–water partition coefficient (Wildman–Crippen LogP) is 6.14. The first kappa shape index (κ1) is 16.8. The maximum atomic E-state index is 7.43. The molecule has 4 aliphatic rings. The smallest absolute Gasteiger partial charge is 0.198 e. The van der Waals surface area contributed by atoms with Gasteiger partial charge in [-0.1, -0.05) is 97.2 Å². The van der Waals surface area contributed by atoms with Gasteiger partial charge in [0.05, 0.1) is 0 Å². The Hall–Kier alpha value is -1.69. The zero-order chi connectivity index (χ0) is 17.3. The van der Waals surface area contributed by atoms with Gasteiger partial charge in [-0.25, -0.2) is 0 Å². The second kappa shape index (κ2) is 6.56. The average Bonchev–Trinajstić information content (AvgIpc) is 3.45. The Kier molecular flexibility index (Phi) is 4.40. The molecule has 0 atom stereocenters. The van der Waals surface area contributed by atoms with E-state index in [0.29, 0.717) is 22.2 Å². The maximum Gasteiger partial charge on any atom is 0.198 e. The summed E-state index contributed by atoms with van der Waals surface area (Å²) in [6, 6.07) is 0. The molecule has 0 aliphatic heterocycles. The summed E-state index contributed by atoms with van der Waals surface area (Å²) in [5.41, 5.74) is 1.78. The van der Waals surface area contributed by atoms with E-state index in [4.69, 9.17) is 4.12 Å². The minimum Gasteiger partial charge on any atom is -0.453 e. The summed E-state index contributed by atoms with van der Waals surface area (Å²) in [5, 5.41) is 0. The average molecular weight is 363 g/mol. The zero-order valence-electron chi connectivity index (χ0n) is 15.0. The summed E-state index contributed by atoms with van der Waals surface area (Å²) in [7, 11) is -4.15. The molecule has 0 bridgehead atoms. The van der Waals surface area contributed by atoms with Gasteiger partial charge in [-0.15, -0.1) is 0 Å². The first-order valence-electron chi connectivity index (χ1n) is 9.23. The van der Waals surface area contributed by atoms with E-state index >= 15 is 0 Å². The van der Waals surface area contributed by atoms with Crippen LogP contribution >= 0.6 is 0 Å². The van der Waals surface area contributed by atoms with Gasteiger partial charge in [0.2, 0.25) is 0 Å². The molecular formula is C22H26OSi2. The van der Waals surface area contributed by atoms with Crippen molar-refractivity contribution < 1.29 is 4.12 Å². The summed E-state index contributed by atoms with van der Waals surface area (Å²) in [6.07, 6.45) is 36.3. The molecule has 0 saturated heterocycles. The molecule has 0 spiro atoms. The molecule has 0 aromatic rings. The molecule has 0 aromatic carbocycles. The second-order valence-electron chi connectivity index (χ2n) is 7.65. The monoisotopic (exact) mass is 362 g/mol. The van der Waals surface area contributed by atoms with E-state index in [1.54, 1.807) is 0 Å². The van der Waals surface area contributed by atoms with Gasteiger partial charge in [-0.3, -0.25) is 0 Å². The molecular weight excluding hydrogens is 336 g/mol. The molecule has 0 unspecified atom stereocenters. The molecule has 128 valence electrons. The topological polar surface area (TPSA) is 9.23 Å². The van der Waals surface area contributed by atoms with Crippen LogP contribution in [0, 0.1) is 0 Å². The molecule has 0 N–H and O–H groups in total. The normalized spacial score (nSPS) is 23.4. The Morgan fingerprint density at radius 2 is 0.640 bits per heavy atom. The molecule has 0 fully saturated rings. The van der Waals surface area contributed by atoms with Gasteiger partial charge in [0.1, 0.15) is 0 Å². The lowest BCUT2D eigenvalue weighted by atomic mass is 10.4. The van der Waals surface area contributed by atoms with Crippen LogP contribution in [0.25, 0.3) is 0 Å². The van der Waals surface area contributed by atoms with Crippen LogP contribution in [0.15, 0.2) is 97.2 Å². The van der Waals surface area contributed by atoms with Crippen molar-refractivity contribution in [1.29, 1.82) is 0 Å². The second-order valence-corrected chi connectivity index (χ2v) is 15.9. The van der Waals surface area contributed by atoms with E-state index in [9.17, 15) is 0 Å². The Morgan fingerprint density at radius 3 is 0.840 bits per heavy atom. The van der Waals surface area contributed by atoms with E-state index in [0.717, 1.165) is 0 Å². The van der Waals surface area contributed by atoms with Crippen molar-refractivity contribution in [3.8, 4) is 0 Å². The molecule has 1 nitrogen and oxygen atoms in total. The summed E-state index contributed by atoms with van der Waals surface area (Å²) >= 11 is 0. The molecule has 0 heterocycles. The van der Waals surface area contributed by atoms with Crippen molar-refractivity contribution in [2.75, 3.05) is 0 Å². The van der Waals surface area contributed by atoms with Gasteiger partial charge in [0, 0.05) is 22.2 Å². The summed E-state index contributed by atoms with van der Waals surface area (Å²) in [6.45, 7) is 4.89. The molecule has 0 radical (unpaired) electrons. The van der Waals surface area contributed by atoms with E-state index in [1.807, 2.05) is 0 Å². The summed E-state index contributed by atoms with van der Waals surface area (Å²) in [4.78, 5) is 0. The van der Waals surface area contributed by atoms with Crippen LogP contribution in [0.5, 0.6) is 0 Å². The molecule has 0 saturated carbocycles. The number of hydrogen-bond acceptors (Lipinski definition) is 1. The fraction of sp³-hybridized carbons (Fsp3) is 0.273. The molecule has 25 heavy (non-hydrogen) atoms. The Balaban J connectivity index is 1.73. The SMILES string of the molecule is C[Si](O[Si](C)(C1C=CC=C1)C1C=CC=C1)(C1C=CC=C1)C1C=CC=C1. The predicted molar refractivity (Wildman–Crippen MR) is 112 cm³/mol. The third-order valence-electron chi connectivity index (χ3n) is 6.08. The maximum absolute atomic E-state index is 7.43. The highest BCUT2D eigenvalue weighted by atomic mass is 28.4. The number of rotatable bonds is 6. The first-order valence-corrected chi connectivity index (χ1v) is 14.4. The first-order chi connectivity index (χ1) is 12.1. The van der Waals surface area contributed by atoms with Gasteiger partial charge < -0.3 is 4.12 Å². The van der Waals surface area contributed by atoms with Crippen LogP contribution in [0.1, 0.15) is 0 Å². The van der Waals surface area contributed by atoms with Gasteiger partial charge in [0.25, 0.3) is 0 Å². The quantitative estimate of drug-likeness (QED) is 0.516. The Labute approximate surface area is 153 Å². The highest BCUT2D eigenvalue weighted by Gasteiger charge is 2.52. The van der Waals surface area contributed by atoms with Crippen LogP contribution in [-0.4, -0.2) is 16.6 Å². The van der Waals surface area contributed by atoms with Crippen molar-refractivity contribution in [1.82, 2.24) is 0 Å². The summed E-state index contributed by atoms with van der Waals surface area (Å²) < 4.78 is 7.43. The highest BCUT2D eigenvalue weighted by Crippen LogP contribution is 2.49. The van der Waals surface area contributed by atoms with Gasteiger partial charge in [-0.2, -0.15) is 0 Å². The van der Waals surface area contributed by atoms with Crippen molar-refractivity contribution in [2.45, 2.75) is 35.3 Å². The third kappa shape index (κ3) is 2.90. The van der Waals surface area contributed by atoms with Gasteiger partial charge in [0.15, 0.2) is 16.6 Å². The van der Waals surface area contributed by atoms with Crippen LogP contribution in [0.2, 0.25) is 35.3 Å². The van der Waals surface area contributed by atoms with E-state index in [2.05, 4.69) is 110 Å². The van der Waals surface area contributed by atoms with Crippen LogP contribution < -0.4 is 0 Å². The lowest BCUT2D eigenvalue weighted by Crippen LogP contribution is -2.55. The minimum absolute atomic E-state index is 0.445. The standard InChI is InChI=1S/C22H26OSi2/c1-24(19-11-3-4-12-19,20-13-5-6-14-20)23-25(2,21-15-7-8-16-21)22-17-9-10-18-22/h3-22H,1-2H3. The molecule has 4 aliphatic carbocycles. The van der Waals surface area contributed by atoms with Crippen molar-refractivity contribution >= 4 is 16.6 Å². The van der Waals surface area contributed by atoms with E-state index < -0.39 is 16.6 Å². The third-order valence-corrected chi connectivity index (χ3v) is 16.4. The molecule has 0 amide bonds. The lowest BCUT2D eigenvalue weighted by molar-refractivity contribution is 0.507. The Bertz CT molecular complexity index is 595. The number of allylic oxidation sites excluding steroid dienone is 16. The molecule has 0 aromatic heterocycles. The van der Waals surface area contributed by atoms with Crippen molar-refractivity contribution in [3.05, 3.63) is 97.2 Å². The van der Waals surface area contributed by atoms with Crippen LogP contribution in [-0.2, 0) is 4.12 Å². The molecule has 3 heteroatoms. The minimum atomic E-state index is -2.07. The van der Waals surface area contributed by atoms with Gasteiger partial charge in [-0.05, 0) is 13.1 Å². The zero-order valence-corrected chi connectivity index (χ0v) is 17.0. The lowest BCUT2D eigenvalue weighted by Gasteiger charge is -2.47. The Morgan fingerprint density at radius 1 is 0.440 bits per heavy atom.